The number of aromatic nitrogens is 1. The second kappa shape index (κ2) is 8.10. The molecule has 0 aliphatic carbocycles. The molecule has 1 aromatic carbocycles. The largest absolute Gasteiger partial charge is 0.473 e. The van der Waals surface area contributed by atoms with E-state index >= 15 is 0 Å². The van der Waals surface area contributed by atoms with Crippen molar-refractivity contribution in [2.24, 2.45) is 0 Å². The van der Waals surface area contributed by atoms with Crippen molar-refractivity contribution in [3.05, 3.63) is 52.6 Å². The maximum atomic E-state index is 13.0. The van der Waals surface area contributed by atoms with Gasteiger partial charge in [-0.1, -0.05) is 6.07 Å². The van der Waals surface area contributed by atoms with Crippen molar-refractivity contribution in [3.8, 4) is 5.88 Å². The Labute approximate surface area is 180 Å². The number of hydrogen-bond donors (Lipinski definition) is 0. The molecule has 1 aromatic heterocycles. The van der Waals surface area contributed by atoms with E-state index in [-0.39, 0.29) is 30.1 Å². The summed E-state index contributed by atoms with van der Waals surface area (Å²) in [6, 6.07) is 7.42. The predicted octanol–water partition coefficient (Wildman–Crippen LogP) is 3.39. The highest BCUT2D eigenvalue weighted by Gasteiger charge is 2.41. The number of sulfonamides is 1. The van der Waals surface area contributed by atoms with E-state index in [0.29, 0.717) is 31.5 Å². The van der Waals surface area contributed by atoms with Gasteiger partial charge in [0.15, 0.2) is 0 Å². The molecule has 30 heavy (non-hydrogen) atoms. The molecule has 0 spiro atoms. The Morgan fingerprint density at radius 3 is 2.63 bits per heavy atom. The molecule has 2 atom stereocenters. The Morgan fingerprint density at radius 1 is 1.13 bits per heavy atom. The number of nitrogens with zero attached hydrogens (tertiary/aromatic N) is 3. The number of alkyl halides is 3. The van der Waals surface area contributed by atoms with Gasteiger partial charge in [-0.2, -0.15) is 17.5 Å². The van der Waals surface area contributed by atoms with E-state index in [1.54, 1.807) is 12.3 Å². The Bertz CT molecular complexity index is 1020. The second-order valence-corrected chi connectivity index (χ2v) is 10.2. The number of pyridine rings is 1. The van der Waals surface area contributed by atoms with Crippen LogP contribution in [-0.4, -0.2) is 60.9 Å². The van der Waals surface area contributed by atoms with Crippen LogP contribution in [0.5, 0.6) is 5.88 Å². The van der Waals surface area contributed by atoms with Crippen LogP contribution in [0.15, 0.2) is 52.0 Å². The second-order valence-electron chi connectivity index (χ2n) is 7.33. The van der Waals surface area contributed by atoms with E-state index in [2.05, 4.69) is 25.8 Å². The van der Waals surface area contributed by atoms with Crippen molar-refractivity contribution in [2.75, 3.05) is 26.2 Å². The number of hydrogen-bond acceptors (Lipinski definition) is 5. The topological polar surface area (TPSA) is 62.7 Å². The fraction of sp³-hybridized carbons (Fsp3) is 0.421. The fourth-order valence-electron chi connectivity index (χ4n) is 3.86. The minimum Gasteiger partial charge on any atom is -0.473 e. The summed E-state index contributed by atoms with van der Waals surface area (Å²) >= 11 is 3.32. The maximum absolute atomic E-state index is 13.0. The van der Waals surface area contributed by atoms with E-state index in [1.165, 1.54) is 10.4 Å². The van der Waals surface area contributed by atoms with Gasteiger partial charge in [-0.25, -0.2) is 13.4 Å². The molecule has 11 heteroatoms. The quantitative estimate of drug-likeness (QED) is 0.637. The van der Waals surface area contributed by atoms with Gasteiger partial charge < -0.3 is 4.74 Å². The summed E-state index contributed by atoms with van der Waals surface area (Å²) in [5.41, 5.74) is -0.974. The normalized spacial score (nSPS) is 23.3. The van der Waals surface area contributed by atoms with Gasteiger partial charge in [-0.05, 0) is 40.2 Å². The monoisotopic (exact) mass is 505 g/mol. The van der Waals surface area contributed by atoms with E-state index in [4.69, 9.17) is 4.74 Å². The average Bonchev–Trinajstić information content (AvgIpc) is 3.10. The third-order valence-corrected chi connectivity index (χ3v) is 7.66. The van der Waals surface area contributed by atoms with Crippen LogP contribution in [-0.2, 0) is 16.2 Å². The summed E-state index contributed by atoms with van der Waals surface area (Å²) in [6.07, 6.45) is -2.46. The number of piperazine rings is 1. The molecule has 0 N–H and O–H groups in total. The molecule has 2 aromatic rings. The van der Waals surface area contributed by atoms with Crippen LogP contribution in [0.2, 0.25) is 0 Å². The molecule has 2 fully saturated rings. The molecule has 162 valence electrons. The molecule has 0 amide bonds. The number of halogens is 4. The van der Waals surface area contributed by atoms with Crippen LogP contribution in [0.3, 0.4) is 0 Å². The molecule has 0 bridgehead atoms. The Balaban J connectivity index is 1.45. The SMILES string of the molecule is O=S(=O)(c1cccc(C(F)(F)F)c1)N1CCN2C[C@@H](Oc3ccc(Br)cn3)C[C@H]2C1. The van der Waals surface area contributed by atoms with Gasteiger partial charge in [0.25, 0.3) is 0 Å². The average molecular weight is 506 g/mol. The summed E-state index contributed by atoms with van der Waals surface area (Å²) in [7, 11) is -4.02. The zero-order valence-corrected chi connectivity index (χ0v) is 18.1. The molecule has 2 saturated heterocycles. The van der Waals surface area contributed by atoms with Crippen molar-refractivity contribution in [1.29, 1.82) is 0 Å². The highest BCUT2D eigenvalue weighted by Crippen LogP contribution is 2.32. The molecule has 0 unspecified atom stereocenters. The van der Waals surface area contributed by atoms with E-state index in [1.807, 2.05) is 6.07 Å². The minimum atomic E-state index is -4.60. The lowest BCUT2D eigenvalue weighted by Crippen LogP contribution is -2.51. The molecule has 0 saturated carbocycles. The molecule has 3 heterocycles. The van der Waals surface area contributed by atoms with Crippen LogP contribution in [0.1, 0.15) is 12.0 Å². The van der Waals surface area contributed by atoms with Crippen molar-refractivity contribution >= 4 is 26.0 Å². The minimum absolute atomic E-state index is 0.0558. The highest BCUT2D eigenvalue weighted by atomic mass is 79.9. The Morgan fingerprint density at radius 2 is 1.93 bits per heavy atom. The van der Waals surface area contributed by atoms with Gasteiger partial charge in [0.2, 0.25) is 15.9 Å². The summed E-state index contributed by atoms with van der Waals surface area (Å²) in [5.74, 6) is 0.497. The third kappa shape index (κ3) is 4.48. The van der Waals surface area contributed by atoms with Crippen LogP contribution < -0.4 is 4.74 Å². The lowest BCUT2D eigenvalue weighted by atomic mass is 10.2. The molecular weight excluding hydrogens is 487 g/mol. The first-order chi connectivity index (χ1) is 14.1. The predicted molar refractivity (Wildman–Crippen MR) is 107 cm³/mol. The van der Waals surface area contributed by atoms with Crippen molar-refractivity contribution < 1.29 is 26.3 Å². The lowest BCUT2D eigenvalue weighted by molar-refractivity contribution is -0.137. The van der Waals surface area contributed by atoms with Gasteiger partial charge in [0.1, 0.15) is 6.10 Å². The van der Waals surface area contributed by atoms with Crippen LogP contribution in [0, 0.1) is 0 Å². The van der Waals surface area contributed by atoms with E-state index < -0.39 is 21.8 Å². The number of ether oxygens (including phenoxy) is 1. The molecule has 0 radical (unpaired) electrons. The van der Waals surface area contributed by atoms with Crippen LogP contribution in [0.4, 0.5) is 13.2 Å². The summed E-state index contributed by atoms with van der Waals surface area (Å²) in [5, 5.41) is 0. The molecule has 2 aliphatic heterocycles. The zero-order valence-electron chi connectivity index (χ0n) is 15.7. The first kappa shape index (κ1) is 21.5. The number of rotatable bonds is 4. The standard InChI is InChI=1S/C19H19BrF3N3O3S/c20-14-4-5-18(24-10-14)29-16-9-15-11-26(7-6-25(15)12-16)30(27,28)17-3-1-2-13(8-17)19(21,22)23/h1-5,8,10,15-16H,6-7,9,11-12H2/t15-,16-/m0/s1. The van der Waals surface area contributed by atoms with E-state index in [0.717, 1.165) is 16.6 Å². The van der Waals surface area contributed by atoms with Crippen LogP contribution >= 0.6 is 15.9 Å². The maximum Gasteiger partial charge on any atom is 0.416 e. The molecule has 4 rings (SSSR count). The van der Waals surface area contributed by atoms with Crippen molar-refractivity contribution in [2.45, 2.75) is 29.6 Å². The molecule has 6 nitrogen and oxygen atoms in total. The van der Waals surface area contributed by atoms with E-state index in [9.17, 15) is 21.6 Å². The first-order valence-electron chi connectivity index (χ1n) is 9.32. The molecular formula is C19H19BrF3N3O3S. The summed E-state index contributed by atoms with van der Waals surface area (Å²) < 4.78 is 72.9. The smallest absolute Gasteiger partial charge is 0.416 e. The van der Waals surface area contributed by atoms with Gasteiger partial charge >= 0.3 is 6.18 Å². The summed E-state index contributed by atoms with van der Waals surface area (Å²) in [4.78, 5) is 6.01. The van der Waals surface area contributed by atoms with Crippen molar-refractivity contribution in [3.63, 3.8) is 0 Å². The Hall–Kier alpha value is -1.69. The Kier molecular flexibility index (Phi) is 5.82. The lowest BCUT2D eigenvalue weighted by Gasteiger charge is -2.36. The third-order valence-electron chi connectivity index (χ3n) is 5.33. The van der Waals surface area contributed by atoms with Gasteiger partial charge in [0.05, 0.1) is 10.5 Å². The summed E-state index contributed by atoms with van der Waals surface area (Å²) in [6.45, 7) is 1.58. The first-order valence-corrected chi connectivity index (χ1v) is 11.6. The van der Waals surface area contributed by atoms with Crippen molar-refractivity contribution in [1.82, 2.24) is 14.2 Å². The zero-order chi connectivity index (χ0) is 21.5. The van der Waals surface area contributed by atoms with Gasteiger partial charge in [0, 0.05) is 55.4 Å². The fourth-order valence-corrected chi connectivity index (χ4v) is 5.61. The molecule has 2 aliphatic rings. The van der Waals surface area contributed by atoms with Gasteiger partial charge in [-0.3, -0.25) is 4.90 Å². The van der Waals surface area contributed by atoms with Gasteiger partial charge in [-0.15, -0.1) is 0 Å². The number of fused-ring (bicyclic) bond motifs is 1. The number of benzene rings is 1. The van der Waals surface area contributed by atoms with Crippen LogP contribution in [0.25, 0.3) is 0 Å². The highest BCUT2D eigenvalue weighted by molar-refractivity contribution is 9.10.